The van der Waals surface area contributed by atoms with Gasteiger partial charge in [0, 0.05) is 37.8 Å². The Bertz CT molecular complexity index is 513. The van der Waals surface area contributed by atoms with Gasteiger partial charge in [0.1, 0.15) is 5.75 Å². The summed E-state index contributed by atoms with van der Waals surface area (Å²) in [5.41, 5.74) is 1.26. The summed E-state index contributed by atoms with van der Waals surface area (Å²) in [4.78, 5) is 26.6. The van der Waals surface area contributed by atoms with E-state index < -0.39 is 0 Å². The number of benzene rings is 1. The maximum Gasteiger partial charge on any atom is 0.236 e. The van der Waals surface area contributed by atoms with Crippen molar-refractivity contribution in [3.63, 3.8) is 0 Å². The zero-order valence-corrected chi connectivity index (χ0v) is 11.2. The van der Waals surface area contributed by atoms with Crippen LogP contribution >= 0.6 is 0 Å². The molecule has 0 aliphatic carbocycles. The molecular formula is C14H18N2O3. The number of ketones is 1. The van der Waals surface area contributed by atoms with Crippen LogP contribution in [0.1, 0.15) is 22.8 Å². The lowest BCUT2D eigenvalue weighted by molar-refractivity contribution is -0.134. The number of Topliss-reactive ketones (excluding diaryl/α,β-unsaturated/α-hetero) is 1. The number of hydrogen-bond donors (Lipinski definition) is 1. The molecule has 1 heterocycles. The molecule has 1 N–H and O–H groups in total. The first-order chi connectivity index (χ1) is 8.97. The number of amides is 1. The Hall–Kier alpha value is -1.88. The van der Waals surface area contributed by atoms with Crippen LogP contribution in [0.15, 0.2) is 18.2 Å². The van der Waals surface area contributed by atoms with E-state index in [2.05, 4.69) is 0 Å². The van der Waals surface area contributed by atoms with Crippen molar-refractivity contribution in [2.45, 2.75) is 13.5 Å². The van der Waals surface area contributed by atoms with Crippen molar-refractivity contribution in [2.75, 3.05) is 26.7 Å². The molecule has 1 amide bonds. The predicted octanol–water partition coefficient (Wildman–Crippen LogP) is 0.869. The monoisotopic (exact) mass is 262 g/mol. The normalized spacial score (nSPS) is 16.7. The Kier molecular flexibility index (Phi) is 3.85. The molecule has 1 aliphatic heterocycles. The van der Waals surface area contributed by atoms with Crippen LogP contribution in [0.3, 0.4) is 0 Å². The highest BCUT2D eigenvalue weighted by Gasteiger charge is 2.21. The van der Waals surface area contributed by atoms with Crippen LogP contribution in [0.5, 0.6) is 5.75 Å². The molecular weight excluding hydrogens is 244 g/mol. The summed E-state index contributed by atoms with van der Waals surface area (Å²) in [6.45, 7) is 3.78. The van der Waals surface area contributed by atoms with Crippen LogP contribution in [0.25, 0.3) is 0 Å². The minimum Gasteiger partial charge on any atom is -0.508 e. The molecule has 0 spiro atoms. The molecule has 0 unspecified atom stereocenters. The minimum absolute atomic E-state index is 0.0318. The zero-order valence-electron chi connectivity index (χ0n) is 11.2. The van der Waals surface area contributed by atoms with E-state index in [0.717, 1.165) is 6.54 Å². The smallest absolute Gasteiger partial charge is 0.236 e. The number of likely N-dealkylation sites (N-methyl/N-ethyl adjacent to an activating group) is 1. The van der Waals surface area contributed by atoms with Crippen LogP contribution in [-0.2, 0) is 11.3 Å². The predicted molar refractivity (Wildman–Crippen MR) is 71.0 cm³/mol. The summed E-state index contributed by atoms with van der Waals surface area (Å²) in [5, 5.41) is 9.83. The van der Waals surface area contributed by atoms with Gasteiger partial charge in [0.15, 0.2) is 5.78 Å². The van der Waals surface area contributed by atoms with Crippen molar-refractivity contribution < 1.29 is 14.7 Å². The highest BCUT2D eigenvalue weighted by atomic mass is 16.3. The SMILES string of the molecule is CC(=O)c1ccc(O)c(CN2CCN(C)C(=O)C2)c1. The summed E-state index contributed by atoms with van der Waals surface area (Å²) in [6, 6.07) is 4.83. The number of carbonyl (C=O) groups is 2. The van der Waals surface area contributed by atoms with Gasteiger partial charge in [-0.3, -0.25) is 14.5 Å². The Morgan fingerprint density at radius 1 is 1.37 bits per heavy atom. The fraction of sp³-hybridized carbons (Fsp3) is 0.429. The molecule has 1 fully saturated rings. The van der Waals surface area contributed by atoms with Crippen LogP contribution in [0.4, 0.5) is 0 Å². The van der Waals surface area contributed by atoms with E-state index in [-0.39, 0.29) is 17.4 Å². The summed E-state index contributed by atoms with van der Waals surface area (Å²) in [6.07, 6.45) is 0. The third kappa shape index (κ3) is 3.12. The van der Waals surface area contributed by atoms with Crippen molar-refractivity contribution in [1.82, 2.24) is 9.80 Å². The van der Waals surface area contributed by atoms with Gasteiger partial charge in [-0.05, 0) is 25.1 Å². The number of carbonyl (C=O) groups excluding carboxylic acids is 2. The molecule has 0 atom stereocenters. The Morgan fingerprint density at radius 3 is 2.74 bits per heavy atom. The number of hydrogen-bond acceptors (Lipinski definition) is 4. The van der Waals surface area contributed by atoms with Gasteiger partial charge < -0.3 is 10.0 Å². The maximum absolute atomic E-state index is 11.6. The van der Waals surface area contributed by atoms with E-state index in [1.807, 2.05) is 4.90 Å². The maximum atomic E-state index is 11.6. The van der Waals surface area contributed by atoms with Crippen molar-refractivity contribution in [3.05, 3.63) is 29.3 Å². The molecule has 0 radical (unpaired) electrons. The largest absolute Gasteiger partial charge is 0.508 e. The number of rotatable bonds is 3. The fourth-order valence-corrected chi connectivity index (χ4v) is 2.11. The van der Waals surface area contributed by atoms with Gasteiger partial charge in [-0.25, -0.2) is 0 Å². The van der Waals surface area contributed by atoms with Gasteiger partial charge in [0.05, 0.1) is 6.54 Å². The van der Waals surface area contributed by atoms with E-state index in [1.54, 1.807) is 24.1 Å². The second kappa shape index (κ2) is 5.40. The quantitative estimate of drug-likeness (QED) is 0.821. The summed E-state index contributed by atoms with van der Waals surface area (Å²) in [7, 11) is 1.79. The molecule has 102 valence electrons. The Morgan fingerprint density at radius 2 is 2.11 bits per heavy atom. The van der Waals surface area contributed by atoms with Crippen molar-refractivity contribution in [1.29, 1.82) is 0 Å². The van der Waals surface area contributed by atoms with Crippen LogP contribution in [-0.4, -0.2) is 53.3 Å². The van der Waals surface area contributed by atoms with Gasteiger partial charge >= 0.3 is 0 Å². The van der Waals surface area contributed by atoms with Crippen molar-refractivity contribution >= 4 is 11.7 Å². The molecule has 1 aliphatic rings. The van der Waals surface area contributed by atoms with Gasteiger partial charge in [-0.1, -0.05) is 0 Å². The molecule has 0 bridgehead atoms. The second-order valence-corrected chi connectivity index (χ2v) is 4.93. The van der Waals surface area contributed by atoms with E-state index in [4.69, 9.17) is 0 Å². The third-order valence-electron chi connectivity index (χ3n) is 3.42. The number of phenolic OH excluding ortho intramolecular Hbond substituents is 1. The summed E-state index contributed by atoms with van der Waals surface area (Å²) in [5.74, 6) is 0.209. The molecule has 1 aromatic carbocycles. The molecule has 2 rings (SSSR count). The summed E-state index contributed by atoms with van der Waals surface area (Å²) >= 11 is 0. The molecule has 0 saturated carbocycles. The third-order valence-corrected chi connectivity index (χ3v) is 3.42. The van der Waals surface area contributed by atoms with Crippen LogP contribution < -0.4 is 0 Å². The van der Waals surface area contributed by atoms with E-state index in [0.29, 0.717) is 30.8 Å². The average molecular weight is 262 g/mol. The van der Waals surface area contributed by atoms with E-state index in [1.165, 1.54) is 13.0 Å². The van der Waals surface area contributed by atoms with Crippen LogP contribution in [0, 0.1) is 0 Å². The Labute approximate surface area is 112 Å². The molecule has 5 heteroatoms. The zero-order chi connectivity index (χ0) is 14.0. The molecule has 0 aromatic heterocycles. The van der Waals surface area contributed by atoms with Crippen molar-refractivity contribution in [3.8, 4) is 5.75 Å². The summed E-state index contributed by atoms with van der Waals surface area (Å²) < 4.78 is 0. The van der Waals surface area contributed by atoms with E-state index in [9.17, 15) is 14.7 Å². The fourth-order valence-electron chi connectivity index (χ4n) is 2.11. The van der Waals surface area contributed by atoms with Crippen LogP contribution in [0.2, 0.25) is 0 Å². The molecule has 19 heavy (non-hydrogen) atoms. The number of phenols is 1. The van der Waals surface area contributed by atoms with Gasteiger partial charge in [0.2, 0.25) is 5.91 Å². The number of nitrogens with zero attached hydrogens (tertiary/aromatic N) is 2. The molecule has 5 nitrogen and oxygen atoms in total. The number of aromatic hydroxyl groups is 1. The standard InChI is InChI=1S/C14H18N2O3/c1-10(17)11-3-4-13(18)12(7-11)8-16-6-5-15(2)14(19)9-16/h3-4,7,18H,5-6,8-9H2,1-2H3. The second-order valence-electron chi connectivity index (χ2n) is 4.93. The first-order valence-electron chi connectivity index (χ1n) is 6.26. The topological polar surface area (TPSA) is 60.9 Å². The number of piperazine rings is 1. The van der Waals surface area contributed by atoms with Gasteiger partial charge in [-0.15, -0.1) is 0 Å². The average Bonchev–Trinajstić information content (AvgIpc) is 2.36. The first kappa shape index (κ1) is 13.5. The minimum atomic E-state index is -0.0318. The molecule has 1 aromatic rings. The first-order valence-corrected chi connectivity index (χ1v) is 6.26. The van der Waals surface area contributed by atoms with Gasteiger partial charge in [-0.2, -0.15) is 0 Å². The Balaban J connectivity index is 2.12. The lowest BCUT2D eigenvalue weighted by Gasteiger charge is -2.32. The molecule has 1 saturated heterocycles. The lowest BCUT2D eigenvalue weighted by atomic mass is 10.1. The van der Waals surface area contributed by atoms with Gasteiger partial charge in [0.25, 0.3) is 0 Å². The lowest BCUT2D eigenvalue weighted by Crippen LogP contribution is -2.47. The van der Waals surface area contributed by atoms with E-state index >= 15 is 0 Å². The highest BCUT2D eigenvalue weighted by molar-refractivity contribution is 5.94. The highest BCUT2D eigenvalue weighted by Crippen LogP contribution is 2.21. The van der Waals surface area contributed by atoms with Crippen molar-refractivity contribution in [2.24, 2.45) is 0 Å².